The molecule has 1 saturated heterocycles. The Morgan fingerprint density at radius 2 is 1.83 bits per heavy atom. The van der Waals surface area contributed by atoms with E-state index < -0.39 is 0 Å². The maximum atomic E-state index is 12.3. The number of carbonyl (C=O) groups is 2. The zero-order valence-electron chi connectivity index (χ0n) is 12.9. The van der Waals surface area contributed by atoms with Crippen LogP contribution in [0.1, 0.15) is 33.7 Å². The first-order valence-electron chi connectivity index (χ1n) is 7.69. The Bertz CT molecular complexity index is 761. The molecule has 3 rings (SSSR count). The van der Waals surface area contributed by atoms with Crippen LogP contribution in [0.15, 0.2) is 41.5 Å². The Balaban J connectivity index is 1.53. The van der Waals surface area contributed by atoms with Gasteiger partial charge in [0.25, 0.3) is 17.4 Å². The average molecular weight is 327 g/mol. The summed E-state index contributed by atoms with van der Waals surface area (Å²) < 4.78 is 0. The third-order valence-electron chi connectivity index (χ3n) is 3.96. The van der Waals surface area contributed by atoms with Crippen LogP contribution in [-0.4, -0.2) is 51.0 Å². The van der Waals surface area contributed by atoms with Gasteiger partial charge in [-0.3, -0.25) is 19.4 Å². The number of amides is 2. The van der Waals surface area contributed by atoms with E-state index in [0.29, 0.717) is 31.5 Å². The third-order valence-corrected chi connectivity index (χ3v) is 3.96. The largest absolute Gasteiger partial charge is 0.348 e. The standard InChI is InChI=1S/C16H17N5O3/c22-14-2-1-13(19-20-14)15(23)18-12-5-9-21(10-6-12)16(24)11-3-7-17-8-4-11/h1-4,7-8,12H,5-6,9-10H2,(H,18,23)(H,20,22). The van der Waals surface area contributed by atoms with E-state index in [1.807, 2.05) is 0 Å². The first-order valence-corrected chi connectivity index (χ1v) is 7.69. The molecular weight excluding hydrogens is 310 g/mol. The van der Waals surface area contributed by atoms with Crippen LogP contribution < -0.4 is 10.9 Å². The molecule has 0 spiro atoms. The second-order valence-corrected chi connectivity index (χ2v) is 5.58. The van der Waals surface area contributed by atoms with E-state index in [-0.39, 0.29) is 29.1 Å². The third kappa shape index (κ3) is 3.65. The Morgan fingerprint density at radius 3 is 2.46 bits per heavy atom. The second-order valence-electron chi connectivity index (χ2n) is 5.58. The average Bonchev–Trinajstić information content (AvgIpc) is 2.63. The molecule has 0 atom stereocenters. The number of rotatable bonds is 3. The number of carbonyl (C=O) groups excluding carboxylic acids is 2. The smallest absolute Gasteiger partial charge is 0.271 e. The number of aromatic amines is 1. The molecule has 2 aromatic rings. The second kappa shape index (κ2) is 7.03. The lowest BCUT2D eigenvalue weighted by Crippen LogP contribution is -2.46. The van der Waals surface area contributed by atoms with Crippen LogP contribution in [0.4, 0.5) is 0 Å². The van der Waals surface area contributed by atoms with E-state index in [9.17, 15) is 14.4 Å². The lowest BCUT2D eigenvalue weighted by atomic mass is 10.0. The quantitative estimate of drug-likeness (QED) is 0.837. The van der Waals surface area contributed by atoms with Gasteiger partial charge in [0, 0.05) is 43.2 Å². The number of piperidine rings is 1. The van der Waals surface area contributed by atoms with E-state index in [1.54, 1.807) is 29.4 Å². The van der Waals surface area contributed by atoms with Crippen molar-refractivity contribution in [2.75, 3.05) is 13.1 Å². The van der Waals surface area contributed by atoms with Gasteiger partial charge in [0.05, 0.1) is 0 Å². The Labute approximate surface area is 137 Å². The van der Waals surface area contributed by atoms with Gasteiger partial charge in [-0.15, -0.1) is 0 Å². The van der Waals surface area contributed by atoms with Gasteiger partial charge in [-0.25, -0.2) is 5.10 Å². The number of nitrogens with one attached hydrogen (secondary N) is 2. The monoisotopic (exact) mass is 327 g/mol. The highest BCUT2D eigenvalue weighted by Gasteiger charge is 2.25. The fraction of sp³-hybridized carbons (Fsp3) is 0.312. The van der Waals surface area contributed by atoms with E-state index in [0.717, 1.165) is 0 Å². The van der Waals surface area contributed by atoms with Gasteiger partial charge in [0.1, 0.15) is 5.69 Å². The number of aromatic nitrogens is 3. The predicted molar refractivity (Wildman–Crippen MR) is 85.5 cm³/mol. The van der Waals surface area contributed by atoms with Crippen LogP contribution in [-0.2, 0) is 0 Å². The number of likely N-dealkylation sites (tertiary alicyclic amines) is 1. The SMILES string of the molecule is O=C(NC1CCN(C(=O)c2ccncc2)CC1)c1ccc(=O)[nH]n1. The van der Waals surface area contributed by atoms with Gasteiger partial charge >= 0.3 is 0 Å². The molecule has 2 N–H and O–H groups in total. The Morgan fingerprint density at radius 1 is 1.12 bits per heavy atom. The van der Waals surface area contributed by atoms with E-state index in [2.05, 4.69) is 20.5 Å². The summed E-state index contributed by atoms with van der Waals surface area (Å²) in [6, 6.07) is 6.01. The van der Waals surface area contributed by atoms with Gasteiger partial charge in [-0.05, 0) is 31.0 Å². The molecule has 2 aromatic heterocycles. The van der Waals surface area contributed by atoms with E-state index in [4.69, 9.17) is 0 Å². The summed E-state index contributed by atoms with van der Waals surface area (Å²) in [4.78, 5) is 41.1. The minimum absolute atomic E-state index is 0.0206. The molecule has 1 fully saturated rings. The van der Waals surface area contributed by atoms with Crippen molar-refractivity contribution in [1.29, 1.82) is 0 Å². The molecule has 1 aliphatic heterocycles. The summed E-state index contributed by atoms with van der Waals surface area (Å²) in [5.41, 5.74) is 0.435. The molecule has 0 unspecified atom stereocenters. The van der Waals surface area contributed by atoms with Crippen molar-refractivity contribution in [1.82, 2.24) is 25.4 Å². The molecule has 8 heteroatoms. The zero-order valence-corrected chi connectivity index (χ0v) is 12.9. The molecule has 3 heterocycles. The van der Waals surface area contributed by atoms with Crippen molar-refractivity contribution in [3.8, 4) is 0 Å². The van der Waals surface area contributed by atoms with Crippen LogP contribution in [0.5, 0.6) is 0 Å². The predicted octanol–water partition coefficient (Wildman–Crippen LogP) is 0.199. The summed E-state index contributed by atoms with van der Waals surface area (Å²) in [6.45, 7) is 1.15. The molecule has 0 radical (unpaired) electrons. The molecule has 0 saturated carbocycles. The first kappa shape index (κ1) is 15.9. The van der Waals surface area contributed by atoms with Gasteiger partial charge in [0.2, 0.25) is 0 Å². The lowest BCUT2D eigenvalue weighted by molar-refractivity contribution is 0.0697. The lowest BCUT2D eigenvalue weighted by Gasteiger charge is -2.32. The topological polar surface area (TPSA) is 108 Å². The summed E-state index contributed by atoms with van der Waals surface area (Å²) in [5, 5.41) is 8.82. The molecule has 8 nitrogen and oxygen atoms in total. The van der Waals surface area contributed by atoms with Gasteiger partial charge in [0.15, 0.2) is 0 Å². The normalized spacial score (nSPS) is 15.1. The van der Waals surface area contributed by atoms with Crippen LogP contribution in [0.2, 0.25) is 0 Å². The molecule has 124 valence electrons. The molecule has 1 aliphatic rings. The van der Waals surface area contributed by atoms with Crippen molar-refractivity contribution in [3.63, 3.8) is 0 Å². The van der Waals surface area contributed by atoms with Crippen LogP contribution in [0.3, 0.4) is 0 Å². The maximum Gasteiger partial charge on any atom is 0.271 e. The highest BCUT2D eigenvalue weighted by molar-refractivity contribution is 5.94. The first-order chi connectivity index (χ1) is 11.6. The number of H-pyrrole nitrogens is 1. The Kier molecular flexibility index (Phi) is 4.64. The minimum Gasteiger partial charge on any atom is -0.348 e. The minimum atomic E-state index is -0.352. The van der Waals surface area contributed by atoms with Crippen LogP contribution >= 0.6 is 0 Å². The zero-order chi connectivity index (χ0) is 16.9. The Hall–Kier alpha value is -3.03. The molecule has 2 amide bonds. The maximum absolute atomic E-state index is 12.3. The fourth-order valence-electron chi connectivity index (χ4n) is 2.63. The van der Waals surface area contributed by atoms with Crippen LogP contribution in [0.25, 0.3) is 0 Å². The summed E-state index contributed by atoms with van der Waals surface area (Å²) in [5.74, 6) is -0.352. The highest BCUT2D eigenvalue weighted by Crippen LogP contribution is 2.14. The summed E-state index contributed by atoms with van der Waals surface area (Å²) in [7, 11) is 0. The number of nitrogens with zero attached hydrogens (tertiary/aromatic N) is 3. The van der Waals surface area contributed by atoms with E-state index in [1.165, 1.54) is 12.1 Å². The van der Waals surface area contributed by atoms with E-state index >= 15 is 0 Å². The molecule has 0 aromatic carbocycles. The number of hydrogen-bond donors (Lipinski definition) is 2. The van der Waals surface area contributed by atoms with Crippen molar-refractivity contribution in [3.05, 3.63) is 58.3 Å². The molecule has 24 heavy (non-hydrogen) atoms. The summed E-state index contributed by atoms with van der Waals surface area (Å²) >= 11 is 0. The molecule has 0 bridgehead atoms. The van der Waals surface area contributed by atoms with Crippen molar-refractivity contribution >= 4 is 11.8 Å². The van der Waals surface area contributed by atoms with Crippen molar-refractivity contribution < 1.29 is 9.59 Å². The highest BCUT2D eigenvalue weighted by atomic mass is 16.2. The van der Waals surface area contributed by atoms with Gasteiger partial charge < -0.3 is 10.2 Å². The van der Waals surface area contributed by atoms with Crippen molar-refractivity contribution in [2.45, 2.75) is 18.9 Å². The number of hydrogen-bond acceptors (Lipinski definition) is 5. The van der Waals surface area contributed by atoms with Crippen molar-refractivity contribution in [2.24, 2.45) is 0 Å². The van der Waals surface area contributed by atoms with Gasteiger partial charge in [-0.2, -0.15) is 5.10 Å². The van der Waals surface area contributed by atoms with Crippen LogP contribution in [0, 0.1) is 0 Å². The van der Waals surface area contributed by atoms with Gasteiger partial charge in [-0.1, -0.05) is 0 Å². The molecule has 0 aliphatic carbocycles. The fourth-order valence-corrected chi connectivity index (χ4v) is 2.63. The molecular formula is C16H17N5O3. The number of pyridine rings is 1. The summed E-state index contributed by atoms with van der Waals surface area (Å²) in [6.07, 6.45) is 4.53.